The van der Waals surface area contributed by atoms with E-state index in [9.17, 15) is 4.79 Å². The van der Waals surface area contributed by atoms with Crippen LogP contribution in [0.5, 0.6) is 0 Å². The molecule has 1 N–H and O–H groups in total. The number of hydrogen-bond acceptors (Lipinski definition) is 4. The van der Waals surface area contributed by atoms with Crippen molar-refractivity contribution in [3.05, 3.63) is 12.7 Å². The maximum atomic E-state index is 10.7. The number of nitrogens with one attached hydrogen (secondary N) is 1. The zero-order valence-electron chi connectivity index (χ0n) is 8.45. The average molecular weight is 227 g/mol. The molecule has 0 aromatic heterocycles. The minimum Gasteiger partial charge on any atom is -1.00 e. The Morgan fingerprint density at radius 2 is 2.00 bits per heavy atom. The predicted octanol–water partition coefficient (Wildman–Crippen LogP) is -3.25. The van der Waals surface area contributed by atoms with E-state index >= 15 is 0 Å². The lowest BCUT2D eigenvalue weighted by atomic mass is 10.6. The molecular weight excluding hydrogens is 212 g/mol. The molecule has 0 spiro atoms. The fourth-order valence-corrected chi connectivity index (χ4v) is 0.473. The lowest BCUT2D eigenvalue weighted by molar-refractivity contribution is -1.35. The van der Waals surface area contributed by atoms with Gasteiger partial charge in [-0.25, -0.2) is 0 Å². The summed E-state index contributed by atoms with van der Waals surface area (Å²) >= 11 is 0. The van der Waals surface area contributed by atoms with Crippen molar-refractivity contribution >= 4 is 5.91 Å². The predicted molar refractivity (Wildman–Crippen MR) is 44.5 cm³/mol. The maximum Gasteiger partial charge on any atom is 0.245 e. The molecule has 0 aromatic rings. The summed E-state index contributed by atoms with van der Waals surface area (Å²) < 4.78 is 0. The standard InChI is InChI=1S/C7H14N2O4.ClH/c1-5-7(10)8-6-13-9(2,11-3)12-4;/h5H,1,6H2,2-4H3;1H. The van der Waals surface area contributed by atoms with Crippen molar-refractivity contribution in [3.63, 3.8) is 0 Å². The molecule has 7 heteroatoms. The average Bonchev–Trinajstić information content (AvgIpc) is 2.17. The molecule has 0 atom stereocenters. The van der Waals surface area contributed by atoms with E-state index in [2.05, 4.69) is 11.9 Å². The SMILES string of the molecule is C=CC(=O)NCO[N+](C)(OC)OC.[Cl-]. The molecule has 0 rings (SSSR count). The Kier molecular flexibility index (Phi) is 8.71. The second-order valence-corrected chi connectivity index (χ2v) is 2.16. The number of hydroxylamine groups is 3. The van der Waals surface area contributed by atoms with Crippen LogP contribution in [0.2, 0.25) is 0 Å². The monoisotopic (exact) mass is 226 g/mol. The molecule has 0 radical (unpaired) electrons. The first-order chi connectivity index (χ1) is 6.08. The van der Waals surface area contributed by atoms with E-state index in [1.54, 1.807) is 0 Å². The highest BCUT2D eigenvalue weighted by Crippen LogP contribution is 2.02. The fourth-order valence-electron chi connectivity index (χ4n) is 0.473. The minimum absolute atomic E-state index is 0. The van der Waals surface area contributed by atoms with Crippen LogP contribution in [0.25, 0.3) is 0 Å². The molecule has 0 bridgehead atoms. The maximum absolute atomic E-state index is 10.7. The summed E-state index contributed by atoms with van der Waals surface area (Å²) in [5.74, 6) is -0.321. The number of halogens is 1. The van der Waals surface area contributed by atoms with Gasteiger partial charge in [0.15, 0.2) is 13.8 Å². The highest BCUT2D eigenvalue weighted by atomic mass is 35.5. The lowest BCUT2D eigenvalue weighted by Crippen LogP contribution is -3.00. The first-order valence-corrected chi connectivity index (χ1v) is 3.60. The van der Waals surface area contributed by atoms with E-state index in [0.717, 1.165) is 6.08 Å². The number of carbonyl (C=O) groups excluding carboxylic acids is 1. The Morgan fingerprint density at radius 1 is 1.50 bits per heavy atom. The number of carbonyl (C=O) groups is 1. The second kappa shape index (κ2) is 7.72. The van der Waals surface area contributed by atoms with Crippen LogP contribution in [0.4, 0.5) is 0 Å². The Labute approximate surface area is 89.3 Å². The molecule has 0 aromatic carbocycles. The molecule has 0 fully saturated rings. The third-order valence-corrected chi connectivity index (χ3v) is 1.39. The van der Waals surface area contributed by atoms with Gasteiger partial charge in [0.05, 0.1) is 4.97 Å². The first kappa shape index (κ1) is 15.8. The molecule has 0 saturated carbocycles. The van der Waals surface area contributed by atoms with E-state index < -0.39 is 4.97 Å². The van der Waals surface area contributed by atoms with Gasteiger partial charge in [0, 0.05) is 0 Å². The molecule has 14 heavy (non-hydrogen) atoms. The van der Waals surface area contributed by atoms with E-state index in [1.165, 1.54) is 21.3 Å². The van der Waals surface area contributed by atoms with Crippen molar-refractivity contribution in [1.82, 2.24) is 5.32 Å². The number of rotatable bonds is 6. The summed E-state index contributed by atoms with van der Waals surface area (Å²) in [6, 6.07) is 0. The lowest BCUT2D eigenvalue weighted by Gasteiger charge is -2.21. The van der Waals surface area contributed by atoms with E-state index in [1.807, 2.05) is 0 Å². The van der Waals surface area contributed by atoms with Gasteiger partial charge in [-0.2, -0.15) is 0 Å². The summed E-state index contributed by atoms with van der Waals surface area (Å²) in [5.41, 5.74) is 0. The van der Waals surface area contributed by atoms with Gasteiger partial charge < -0.3 is 17.7 Å². The van der Waals surface area contributed by atoms with Gasteiger partial charge in [0.2, 0.25) is 5.91 Å². The molecular formula is C7H15ClN2O4. The van der Waals surface area contributed by atoms with Crippen molar-refractivity contribution in [2.24, 2.45) is 0 Å². The smallest absolute Gasteiger partial charge is 0.245 e. The van der Waals surface area contributed by atoms with Gasteiger partial charge in [-0.1, -0.05) is 6.58 Å². The van der Waals surface area contributed by atoms with Crippen LogP contribution >= 0.6 is 0 Å². The molecule has 0 unspecified atom stereocenters. The van der Waals surface area contributed by atoms with Gasteiger partial charge in [-0.05, 0) is 6.08 Å². The minimum atomic E-state index is -0.503. The summed E-state index contributed by atoms with van der Waals surface area (Å²) in [6.07, 6.45) is 1.15. The topological polar surface area (TPSA) is 56.8 Å². The normalized spacial score (nSPS) is 10.2. The number of nitrogens with zero attached hydrogens (tertiary/aromatic N) is 1. The summed E-state index contributed by atoms with van der Waals surface area (Å²) in [6.45, 7) is 3.26. The fraction of sp³-hybridized carbons (Fsp3) is 0.571. The van der Waals surface area contributed by atoms with Gasteiger partial charge in [-0.3, -0.25) is 4.79 Å². The van der Waals surface area contributed by atoms with Crippen LogP contribution in [-0.4, -0.2) is 38.9 Å². The van der Waals surface area contributed by atoms with Crippen molar-refractivity contribution in [2.45, 2.75) is 0 Å². The molecule has 0 aliphatic heterocycles. The van der Waals surface area contributed by atoms with Gasteiger partial charge in [-0.15, -0.1) is 14.5 Å². The summed E-state index contributed by atoms with van der Waals surface area (Å²) in [5, 5.41) is 2.40. The molecule has 0 heterocycles. The van der Waals surface area contributed by atoms with Crippen molar-refractivity contribution in [2.75, 3.05) is 28.0 Å². The van der Waals surface area contributed by atoms with Crippen LogP contribution in [0, 0.1) is 0 Å². The molecule has 1 amide bonds. The number of quaternary nitrogens is 1. The highest BCUT2D eigenvalue weighted by molar-refractivity contribution is 5.86. The Bertz CT molecular complexity index is 185. The molecule has 0 aliphatic carbocycles. The van der Waals surface area contributed by atoms with Crippen molar-refractivity contribution in [1.29, 1.82) is 0 Å². The first-order valence-electron chi connectivity index (χ1n) is 3.60. The Balaban J connectivity index is 0. The van der Waals surface area contributed by atoms with E-state index in [-0.39, 0.29) is 25.0 Å². The van der Waals surface area contributed by atoms with Gasteiger partial charge in [0.25, 0.3) is 0 Å². The van der Waals surface area contributed by atoms with Crippen LogP contribution in [0.1, 0.15) is 0 Å². The molecule has 84 valence electrons. The number of hydrogen-bond donors (Lipinski definition) is 1. The number of amides is 1. The quantitative estimate of drug-likeness (QED) is 0.224. The Hall–Kier alpha value is -0.660. The largest absolute Gasteiger partial charge is 1.00 e. The van der Waals surface area contributed by atoms with Crippen LogP contribution in [0.3, 0.4) is 0 Å². The van der Waals surface area contributed by atoms with Gasteiger partial charge in [0.1, 0.15) is 14.2 Å². The molecule has 6 nitrogen and oxygen atoms in total. The van der Waals surface area contributed by atoms with Crippen LogP contribution in [-0.2, 0) is 19.3 Å². The van der Waals surface area contributed by atoms with E-state index in [4.69, 9.17) is 14.5 Å². The Morgan fingerprint density at radius 3 is 2.36 bits per heavy atom. The summed E-state index contributed by atoms with van der Waals surface area (Å²) in [4.78, 5) is 24.8. The summed E-state index contributed by atoms with van der Waals surface area (Å²) in [7, 11) is 4.36. The van der Waals surface area contributed by atoms with Crippen LogP contribution in [0.15, 0.2) is 12.7 Å². The zero-order valence-corrected chi connectivity index (χ0v) is 9.21. The second-order valence-electron chi connectivity index (χ2n) is 2.16. The van der Waals surface area contributed by atoms with Crippen molar-refractivity contribution < 1.29 is 36.7 Å². The molecule has 0 aliphatic rings. The van der Waals surface area contributed by atoms with Gasteiger partial charge >= 0.3 is 0 Å². The van der Waals surface area contributed by atoms with Crippen LogP contribution < -0.4 is 17.7 Å². The highest BCUT2D eigenvalue weighted by Gasteiger charge is 2.24. The third kappa shape index (κ3) is 5.90. The third-order valence-electron chi connectivity index (χ3n) is 1.39. The van der Waals surface area contributed by atoms with Crippen molar-refractivity contribution in [3.8, 4) is 0 Å². The molecule has 0 saturated heterocycles. The zero-order chi connectivity index (χ0) is 10.3. The van der Waals surface area contributed by atoms with E-state index in [0.29, 0.717) is 0 Å².